The van der Waals surface area contributed by atoms with E-state index in [1.165, 1.54) is 4.90 Å². The molecule has 1 heterocycles. The van der Waals surface area contributed by atoms with Gasteiger partial charge in [0.2, 0.25) is 5.91 Å². The number of carbonyl (C=O) groups is 1. The molecule has 1 aliphatic rings. The van der Waals surface area contributed by atoms with Crippen molar-refractivity contribution >= 4 is 21.4 Å². The molecule has 0 radical (unpaired) electrons. The Morgan fingerprint density at radius 3 is 2.61 bits per heavy atom. The van der Waals surface area contributed by atoms with Crippen LogP contribution in [0.1, 0.15) is 18.9 Å². The third-order valence-corrected chi connectivity index (χ3v) is 5.84. The zero-order valence-corrected chi connectivity index (χ0v) is 14.1. The van der Waals surface area contributed by atoms with Crippen LogP contribution in [-0.2, 0) is 21.1 Å². The lowest BCUT2D eigenvalue weighted by Crippen LogP contribution is -2.45. The third-order valence-electron chi connectivity index (χ3n) is 4.09. The number of nitriles is 1. The second-order valence-electron chi connectivity index (χ2n) is 5.90. The minimum Gasteiger partial charge on any atom is -0.374 e. The maximum Gasteiger partial charge on any atom is 0.244 e. The second-order valence-corrected chi connectivity index (χ2v) is 8.13. The molecule has 0 bridgehead atoms. The number of sulfone groups is 1. The number of rotatable bonds is 5. The van der Waals surface area contributed by atoms with Gasteiger partial charge in [-0.3, -0.25) is 4.79 Å². The summed E-state index contributed by atoms with van der Waals surface area (Å²) >= 11 is 0. The highest BCUT2D eigenvalue weighted by Crippen LogP contribution is 2.18. The van der Waals surface area contributed by atoms with E-state index in [1.54, 1.807) is 14.0 Å². The molecule has 0 aromatic heterocycles. The topological polar surface area (TPSA) is 90.3 Å². The molecule has 2 rings (SSSR count). The fourth-order valence-corrected chi connectivity index (χ4v) is 4.46. The number of hydrogen-bond acceptors (Lipinski definition) is 5. The average molecular weight is 335 g/mol. The van der Waals surface area contributed by atoms with Crippen molar-refractivity contribution in [1.82, 2.24) is 4.90 Å². The van der Waals surface area contributed by atoms with Gasteiger partial charge in [-0.2, -0.15) is 5.26 Å². The van der Waals surface area contributed by atoms with Gasteiger partial charge >= 0.3 is 0 Å². The van der Waals surface area contributed by atoms with Crippen molar-refractivity contribution in [2.45, 2.75) is 31.8 Å². The lowest BCUT2D eigenvalue weighted by molar-refractivity contribution is -0.132. The summed E-state index contributed by atoms with van der Waals surface area (Å²) in [6.45, 7) is 1.76. The van der Waals surface area contributed by atoms with Crippen LogP contribution < -0.4 is 5.32 Å². The number of anilines is 1. The number of amides is 1. The van der Waals surface area contributed by atoms with Gasteiger partial charge in [-0.05, 0) is 31.0 Å². The summed E-state index contributed by atoms with van der Waals surface area (Å²) in [6.07, 6.45) is 0.855. The Morgan fingerprint density at radius 2 is 2.09 bits per heavy atom. The molecule has 1 aromatic carbocycles. The first-order valence-corrected chi connectivity index (χ1v) is 9.34. The highest BCUT2D eigenvalue weighted by atomic mass is 32.2. The number of benzene rings is 1. The van der Waals surface area contributed by atoms with E-state index in [4.69, 9.17) is 5.26 Å². The number of carbonyl (C=O) groups excluding carboxylic acids is 1. The van der Waals surface area contributed by atoms with Crippen LogP contribution in [0, 0.1) is 11.3 Å². The Balaban J connectivity index is 1.95. The maximum atomic E-state index is 12.4. The van der Waals surface area contributed by atoms with Gasteiger partial charge in [-0.15, -0.1) is 0 Å². The molecule has 6 nitrogen and oxygen atoms in total. The zero-order valence-electron chi connectivity index (χ0n) is 13.3. The standard InChI is InChI=1S/C16H21N3O3S/c1-12(18-14-5-3-13(4-6-14)7-9-17)16(20)19(2)15-8-10-23(21,22)11-15/h3-6,12,15,18H,7-8,10-11H2,1-2H3. The fourth-order valence-electron chi connectivity index (χ4n) is 2.69. The fraction of sp³-hybridized carbons (Fsp3) is 0.500. The number of nitrogens with zero attached hydrogens (tertiary/aromatic N) is 2. The van der Waals surface area contributed by atoms with E-state index in [-0.39, 0.29) is 23.5 Å². The largest absolute Gasteiger partial charge is 0.374 e. The second kappa shape index (κ2) is 7.01. The molecule has 1 fully saturated rings. The minimum atomic E-state index is -3.01. The zero-order chi connectivity index (χ0) is 17.0. The predicted molar refractivity (Wildman–Crippen MR) is 88.7 cm³/mol. The van der Waals surface area contributed by atoms with E-state index in [2.05, 4.69) is 11.4 Å². The smallest absolute Gasteiger partial charge is 0.244 e. The average Bonchev–Trinajstić information content (AvgIpc) is 2.88. The maximum absolute atomic E-state index is 12.4. The normalized spacial score (nSPS) is 20.5. The van der Waals surface area contributed by atoms with Crippen molar-refractivity contribution in [3.63, 3.8) is 0 Å². The van der Waals surface area contributed by atoms with E-state index in [0.29, 0.717) is 12.8 Å². The molecular formula is C16H21N3O3S. The van der Waals surface area contributed by atoms with Crippen molar-refractivity contribution in [2.75, 3.05) is 23.9 Å². The Labute approximate surface area is 137 Å². The summed E-state index contributed by atoms with van der Waals surface area (Å²) in [7, 11) is -1.35. The van der Waals surface area contributed by atoms with Gasteiger partial charge in [0.15, 0.2) is 9.84 Å². The van der Waals surface area contributed by atoms with E-state index in [0.717, 1.165) is 11.3 Å². The summed E-state index contributed by atoms with van der Waals surface area (Å²) in [4.78, 5) is 14.0. The van der Waals surface area contributed by atoms with Crippen LogP contribution in [0.4, 0.5) is 5.69 Å². The summed E-state index contributed by atoms with van der Waals surface area (Å²) in [5, 5.41) is 11.8. The monoisotopic (exact) mass is 335 g/mol. The Hall–Kier alpha value is -2.07. The van der Waals surface area contributed by atoms with Crippen molar-refractivity contribution < 1.29 is 13.2 Å². The van der Waals surface area contributed by atoms with Crippen molar-refractivity contribution in [3.05, 3.63) is 29.8 Å². The van der Waals surface area contributed by atoms with Crippen LogP contribution in [0.25, 0.3) is 0 Å². The summed E-state index contributed by atoms with van der Waals surface area (Å²) in [5.41, 5.74) is 1.71. The van der Waals surface area contributed by atoms with E-state index in [9.17, 15) is 13.2 Å². The summed E-state index contributed by atoms with van der Waals surface area (Å²) in [6, 6.07) is 8.74. The molecule has 0 saturated carbocycles. The third kappa shape index (κ3) is 4.45. The Kier molecular flexibility index (Phi) is 5.26. The van der Waals surface area contributed by atoms with Crippen LogP contribution in [0.5, 0.6) is 0 Å². The Bertz CT molecular complexity index is 707. The van der Waals surface area contributed by atoms with Gasteiger partial charge in [0, 0.05) is 18.8 Å². The summed E-state index contributed by atoms with van der Waals surface area (Å²) in [5.74, 6) is 0.0654. The molecule has 124 valence electrons. The van der Waals surface area contributed by atoms with Crippen molar-refractivity contribution in [1.29, 1.82) is 5.26 Å². The molecule has 1 aliphatic heterocycles. The number of nitrogens with one attached hydrogen (secondary N) is 1. The highest BCUT2D eigenvalue weighted by Gasteiger charge is 2.33. The molecule has 1 N–H and O–H groups in total. The van der Waals surface area contributed by atoms with Gasteiger partial charge in [-0.25, -0.2) is 8.42 Å². The SMILES string of the molecule is CC(Nc1ccc(CC#N)cc1)C(=O)N(C)C1CCS(=O)(=O)C1. The first-order valence-electron chi connectivity index (χ1n) is 7.52. The molecule has 2 atom stereocenters. The van der Waals surface area contributed by atoms with E-state index >= 15 is 0 Å². The van der Waals surface area contributed by atoms with E-state index in [1.807, 2.05) is 24.3 Å². The number of hydrogen-bond donors (Lipinski definition) is 1. The first kappa shape index (κ1) is 17.3. The molecular weight excluding hydrogens is 314 g/mol. The van der Waals surface area contributed by atoms with Crippen LogP contribution in [-0.4, -0.2) is 49.9 Å². The van der Waals surface area contributed by atoms with Crippen molar-refractivity contribution in [3.8, 4) is 6.07 Å². The van der Waals surface area contributed by atoms with Crippen LogP contribution >= 0.6 is 0 Å². The molecule has 1 amide bonds. The van der Waals surface area contributed by atoms with E-state index < -0.39 is 15.9 Å². The molecule has 7 heteroatoms. The van der Waals surface area contributed by atoms with Crippen LogP contribution in [0.15, 0.2) is 24.3 Å². The quantitative estimate of drug-likeness (QED) is 0.873. The van der Waals surface area contributed by atoms with Gasteiger partial charge in [0.1, 0.15) is 6.04 Å². The van der Waals surface area contributed by atoms with Gasteiger partial charge in [-0.1, -0.05) is 12.1 Å². The van der Waals surface area contributed by atoms with Crippen LogP contribution in [0.2, 0.25) is 0 Å². The Morgan fingerprint density at radius 1 is 1.43 bits per heavy atom. The molecule has 1 saturated heterocycles. The molecule has 23 heavy (non-hydrogen) atoms. The summed E-state index contributed by atoms with van der Waals surface area (Å²) < 4.78 is 23.1. The van der Waals surface area contributed by atoms with Gasteiger partial charge < -0.3 is 10.2 Å². The molecule has 0 aliphatic carbocycles. The van der Waals surface area contributed by atoms with Crippen molar-refractivity contribution in [2.24, 2.45) is 0 Å². The molecule has 1 aromatic rings. The minimum absolute atomic E-state index is 0.0464. The molecule has 2 unspecified atom stereocenters. The first-order chi connectivity index (χ1) is 10.8. The lowest BCUT2D eigenvalue weighted by Gasteiger charge is -2.27. The predicted octanol–water partition coefficient (Wildman–Crippen LogP) is 1.20. The lowest BCUT2D eigenvalue weighted by atomic mass is 10.1. The van der Waals surface area contributed by atoms with Gasteiger partial charge in [0.05, 0.1) is 24.0 Å². The highest BCUT2D eigenvalue weighted by molar-refractivity contribution is 7.91. The van der Waals surface area contributed by atoms with Gasteiger partial charge in [0.25, 0.3) is 0 Å². The molecule has 0 spiro atoms. The van der Waals surface area contributed by atoms with Crippen LogP contribution in [0.3, 0.4) is 0 Å². The number of likely N-dealkylation sites (N-methyl/N-ethyl adjacent to an activating group) is 1.